The maximum Gasteiger partial charge on any atom is 0.0422 e. The van der Waals surface area contributed by atoms with Crippen LogP contribution in [0.2, 0.25) is 0 Å². The van der Waals surface area contributed by atoms with E-state index in [1.807, 2.05) is 0 Å². The van der Waals surface area contributed by atoms with Crippen LogP contribution in [0.4, 0.5) is 0 Å². The molecular weight excluding hydrogens is 146 g/mol. The molecule has 2 rings (SSSR count). The van der Waals surface area contributed by atoms with Crippen LogP contribution in [0.1, 0.15) is 33.1 Å². The van der Waals surface area contributed by atoms with Gasteiger partial charge in [-0.3, -0.25) is 4.99 Å². The van der Waals surface area contributed by atoms with Crippen LogP contribution < -0.4 is 0 Å². The van der Waals surface area contributed by atoms with Gasteiger partial charge in [-0.25, -0.2) is 0 Å². The molecule has 1 nitrogen and oxygen atoms in total. The number of fused-ring (bicyclic) bond motifs is 1. The van der Waals surface area contributed by atoms with Gasteiger partial charge in [-0.1, -0.05) is 20.3 Å². The van der Waals surface area contributed by atoms with Crippen molar-refractivity contribution >= 4 is 6.21 Å². The van der Waals surface area contributed by atoms with Crippen LogP contribution in [0, 0.1) is 23.7 Å². The number of hydrogen-bond acceptors (Lipinski definition) is 1. The summed E-state index contributed by atoms with van der Waals surface area (Å²) in [6.45, 7) is 5.85. The van der Waals surface area contributed by atoms with Gasteiger partial charge in [0.2, 0.25) is 0 Å². The minimum absolute atomic E-state index is 0.839. The minimum atomic E-state index is 0.839. The highest BCUT2D eigenvalue weighted by molar-refractivity contribution is 5.63. The van der Waals surface area contributed by atoms with E-state index < -0.39 is 0 Å². The van der Waals surface area contributed by atoms with Crippen molar-refractivity contribution in [2.24, 2.45) is 28.7 Å². The first-order valence-corrected chi connectivity index (χ1v) is 5.29. The van der Waals surface area contributed by atoms with Crippen LogP contribution in [0.15, 0.2) is 4.99 Å². The van der Waals surface area contributed by atoms with Crippen LogP contribution in [0.25, 0.3) is 0 Å². The second kappa shape index (κ2) is 3.20. The summed E-state index contributed by atoms with van der Waals surface area (Å²) in [7, 11) is 0. The molecule has 0 aromatic heterocycles. The van der Waals surface area contributed by atoms with Gasteiger partial charge in [0.1, 0.15) is 0 Å². The molecule has 0 N–H and O–H groups in total. The van der Waals surface area contributed by atoms with Crippen molar-refractivity contribution in [3.63, 3.8) is 0 Å². The standard InChI is InChI=1S/C11H19N/c1-8(2)10-5-3-4-9-6-12-7-11(9)10/h6,8-11H,3-5,7H2,1-2H3. The van der Waals surface area contributed by atoms with E-state index in [1.54, 1.807) is 0 Å². The van der Waals surface area contributed by atoms with E-state index in [1.165, 1.54) is 19.3 Å². The Balaban J connectivity index is 2.06. The molecule has 3 unspecified atom stereocenters. The average molecular weight is 165 g/mol. The van der Waals surface area contributed by atoms with Crippen LogP contribution in [0.5, 0.6) is 0 Å². The lowest BCUT2D eigenvalue weighted by Gasteiger charge is -2.35. The topological polar surface area (TPSA) is 12.4 Å². The van der Waals surface area contributed by atoms with Crippen molar-refractivity contribution in [1.29, 1.82) is 0 Å². The normalized spacial score (nSPS) is 40.4. The van der Waals surface area contributed by atoms with Gasteiger partial charge in [-0.05, 0) is 36.5 Å². The largest absolute Gasteiger partial charge is 0.297 e. The fourth-order valence-electron chi connectivity index (χ4n) is 2.94. The smallest absolute Gasteiger partial charge is 0.0422 e. The summed E-state index contributed by atoms with van der Waals surface area (Å²) in [4.78, 5) is 4.44. The molecule has 1 heteroatoms. The molecular formula is C11H19N. The maximum absolute atomic E-state index is 4.44. The Morgan fingerprint density at radius 2 is 2.17 bits per heavy atom. The molecule has 68 valence electrons. The van der Waals surface area contributed by atoms with E-state index in [-0.39, 0.29) is 0 Å². The maximum atomic E-state index is 4.44. The van der Waals surface area contributed by atoms with Crippen molar-refractivity contribution in [3.8, 4) is 0 Å². The van der Waals surface area contributed by atoms with E-state index >= 15 is 0 Å². The molecule has 1 fully saturated rings. The second-order valence-corrected chi connectivity index (χ2v) is 4.68. The molecule has 3 atom stereocenters. The van der Waals surface area contributed by atoms with Crippen LogP contribution in [-0.2, 0) is 0 Å². The second-order valence-electron chi connectivity index (χ2n) is 4.68. The van der Waals surface area contributed by atoms with Gasteiger partial charge in [-0.2, -0.15) is 0 Å². The molecule has 0 amide bonds. The van der Waals surface area contributed by atoms with E-state index in [0.717, 1.165) is 30.2 Å². The summed E-state index contributed by atoms with van der Waals surface area (Å²) >= 11 is 0. The predicted molar refractivity (Wildman–Crippen MR) is 52.5 cm³/mol. The average Bonchev–Trinajstić information content (AvgIpc) is 2.49. The molecule has 0 spiro atoms. The van der Waals surface area contributed by atoms with Gasteiger partial charge in [0.25, 0.3) is 0 Å². The third-order valence-corrected chi connectivity index (χ3v) is 3.64. The van der Waals surface area contributed by atoms with Gasteiger partial charge in [-0.15, -0.1) is 0 Å². The zero-order chi connectivity index (χ0) is 8.55. The molecule has 12 heavy (non-hydrogen) atoms. The third kappa shape index (κ3) is 1.30. The Hall–Kier alpha value is -0.330. The summed E-state index contributed by atoms with van der Waals surface area (Å²) in [5.74, 6) is 3.55. The number of hydrogen-bond donors (Lipinski definition) is 0. The van der Waals surface area contributed by atoms with E-state index in [9.17, 15) is 0 Å². The highest BCUT2D eigenvalue weighted by Crippen LogP contribution is 2.40. The zero-order valence-corrected chi connectivity index (χ0v) is 8.16. The Bertz CT molecular complexity index is 183. The fraction of sp³-hybridized carbons (Fsp3) is 0.909. The van der Waals surface area contributed by atoms with Crippen molar-refractivity contribution in [2.75, 3.05) is 6.54 Å². The van der Waals surface area contributed by atoms with Crippen molar-refractivity contribution in [1.82, 2.24) is 0 Å². The Morgan fingerprint density at radius 3 is 2.92 bits per heavy atom. The summed E-state index contributed by atoms with van der Waals surface area (Å²) < 4.78 is 0. The first kappa shape index (κ1) is 8.28. The lowest BCUT2D eigenvalue weighted by atomic mass is 9.69. The summed E-state index contributed by atoms with van der Waals surface area (Å²) in [5, 5.41) is 0. The first-order valence-electron chi connectivity index (χ1n) is 5.29. The predicted octanol–water partition coefficient (Wildman–Crippen LogP) is 2.76. The van der Waals surface area contributed by atoms with Crippen LogP contribution >= 0.6 is 0 Å². The number of nitrogens with zero attached hydrogens (tertiary/aromatic N) is 1. The van der Waals surface area contributed by atoms with E-state index in [4.69, 9.17) is 0 Å². The Kier molecular flexibility index (Phi) is 2.20. The Morgan fingerprint density at radius 1 is 1.33 bits per heavy atom. The van der Waals surface area contributed by atoms with E-state index in [0.29, 0.717) is 0 Å². The van der Waals surface area contributed by atoms with Crippen molar-refractivity contribution < 1.29 is 0 Å². The van der Waals surface area contributed by atoms with Gasteiger partial charge < -0.3 is 0 Å². The molecule has 1 aliphatic carbocycles. The van der Waals surface area contributed by atoms with Crippen LogP contribution in [-0.4, -0.2) is 12.8 Å². The molecule has 1 saturated carbocycles. The number of aliphatic imine (C=N–C) groups is 1. The molecule has 0 bridgehead atoms. The lowest BCUT2D eigenvalue weighted by molar-refractivity contribution is 0.167. The molecule has 0 saturated heterocycles. The van der Waals surface area contributed by atoms with Crippen molar-refractivity contribution in [2.45, 2.75) is 33.1 Å². The highest BCUT2D eigenvalue weighted by atomic mass is 14.8. The van der Waals surface area contributed by atoms with Gasteiger partial charge >= 0.3 is 0 Å². The van der Waals surface area contributed by atoms with Gasteiger partial charge in [0, 0.05) is 12.8 Å². The van der Waals surface area contributed by atoms with E-state index in [2.05, 4.69) is 25.1 Å². The molecule has 2 aliphatic rings. The molecule has 1 heterocycles. The van der Waals surface area contributed by atoms with Gasteiger partial charge in [0.15, 0.2) is 0 Å². The van der Waals surface area contributed by atoms with Crippen LogP contribution in [0.3, 0.4) is 0 Å². The molecule has 1 aliphatic heterocycles. The molecule has 0 aromatic carbocycles. The monoisotopic (exact) mass is 165 g/mol. The fourth-order valence-corrected chi connectivity index (χ4v) is 2.94. The SMILES string of the molecule is CC(C)C1CCCC2C=NCC21. The third-order valence-electron chi connectivity index (χ3n) is 3.64. The lowest BCUT2D eigenvalue weighted by Crippen LogP contribution is -2.30. The van der Waals surface area contributed by atoms with Crippen molar-refractivity contribution in [3.05, 3.63) is 0 Å². The quantitative estimate of drug-likeness (QED) is 0.566. The summed E-state index contributed by atoms with van der Waals surface area (Å²) in [5.41, 5.74) is 0. The highest BCUT2D eigenvalue weighted by Gasteiger charge is 2.35. The summed E-state index contributed by atoms with van der Waals surface area (Å²) in [6, 6.07) is 0. The molecule has 0 radical (unpaired) electrons. The Labute approximate surface area is 75.3 Å². The summed E-state index contributed by atoms with van der Waals surface area (Å²) in [6.07, 6.45) is 6.49. The van der Waals surface area contributed by atoms with Gasteiger partial charge in [0.05, 0.1) is 0 Å². The number of rotatable bonds is 1. The molecule has 0 aromatic rings. The zero-order valence-electron chi connectivity index (χ0n) is 8.16. The first-order chi connectivity index (χ1) is 5.79. The minimum Gasteiger partial charge on any atom is -0.297 e.